The summed E-state index contributed by atoms with van der Waals surface area (Å²) in [7, 11) is 0. The highest BCUT2D eigenvalue weighted by molar-refractivity contribution is 5.86. The molecule has 0 aromatic rings. The monoisotopic (exact) mass is 158 g/mol. The molecule has 0 aromatic heterocycles. The zero-order valence-corrected chi connectivity index (χ0v) is 6.47. The van der Waals surface area contributed by atoms with Crippen LogP contribution in [0.25, 0.3) is 0 Å². The van der Waals surface area contributed by atoms with E-state index in [9.17, 15) is 9.18 Å². The molecular weight excluding hydrogens is 147 g/mol. The van der Waals surface area contributed by atoms with Crippen molar-refractivity contribution >= 4 is 5.97 Å². The zero-order chi connectivity index (χ0) is 8.69. The van der Waals surface area contributed by atoms with Crippen molar-refractivity contribution in [1.82, 2.24) is 0 Å². The topological polar surface area (TPSA) is 26.3 Å². The van der Waals surface area contributed by atoms with Crippen molar-refractivity contribution in [3.63, 3.8) is 0 Å². The van der Waals surface area contributed by atoms with Gasteiger partial charge >= 0.3 is 5.97 Å². The number of hydrogen-bond acceptors (Lipinski definition) is 2. The SMILES string of the molecule is C=COC(=O)/C(F)=C/CCC. The average molecular weight is 158 g/mol. The van der Waals surface area contributed by atoms with Gasteiger partial charge in [0.2, 0.25) is 5.83 Å². The number of esters is 1. The summed E-state index contributed by atoms with van der Waals surface area (Å²) in [6.07, 6.45) is 3.44. The molecule has 0 saturated carbocycles. The number of carbonyl (C=O) groups is 1. The minimum atomic E-state index is -0.978. The molecule has 3 heteroatoms. The predicted octanol–water partition coefficient (Wildman–Crippen LogP) is 2.33. The van der Waals surface area contributed by atoms with Gasteiger partial charge in [-0.05, 0) is 12.5 Å². The summed E-state index contributed by atoms with van der Waals surface area (Å²) in [5.41, 5.74) is 0. The van der Waals surface area contributed by atoms with Gasteiger partial charge in [0.1, 0.15) is 0 Å². The normalized spacial score (nSPS) is 10.9. The zero-order valence-electron chi connectivity index (χ0n) is 6.47. The first-order valence-corrected chi connectivity index (χ1v) is 3.40. The molecule has 0 spiro atoms. The van der Waals surface area contributed by atoms with Crippen LogP contribution in [0.1, 0.15) is 19.8 Å². The van der Waals surface area contributed by atoms with E-state index in [0.29, 0.717) is 6.42 Å². The van der Waals surface area contributed by atoms with Crippen molar-refractivity contribution < 1.29 is 13.9 Å². The fourth-order valence-corrected chi connectivity index (χ4v) is 0.486. The predicted molar refractivity (Wildman–Crippen MR) is 40.4 cm³/mol. The Hall–Kier alpha value is -1.12. The molecule has 0 radical (unpaired) electrons. The van der Waals surface area contributed by atoms with E-state index in [0.717, 1.165) is 12.7 Å². The Bertz CT molecular complexity index is 173. The van der Waals surface area contributed by atoms with Gasteiger partial charge < -0.3 is 4.74 Å². The van der Waals surface area contributed by atoms with Crippen LogP contribution < -0.4 is 0 Å². The van der Waals surface area contributed by atoms with Crippen LogP contribution in [-0.4, -0.2) is 5.97 Å². The lowest BCUT2D eigenvalue weighted by molar-refractivity contribution is -0.135. The molecule has 0 heterocycles. The third-order valence-corrected chi connectivity index (χ3v) is 0.998. The summed E-state index contributed by atoms with van der Waals surface area (Å²) < 4.78 is 16.7. The fraction of sp³-hybridized carbons (Fsp3) is 0.375. The van der Waals surface area contributed by atoms with Crippen LogP contribution in [0.2, 0.25) is 0 Å². The van der Waals surface area contributed by atoms with E-state index in [2.05, 4.69) is 11.3 Å². The van der Waals surface area contributed by atoms with E-state index in [1.54, 1.807) is 0 Å². The largest absolute Gasteiger partial charge is 0.430 e. The van der Waals surface area contributed by atoms with Crippen LogP contribution in [0.5, 0.6) is 0 Å². The summed E-state index contributed by atoms with van der Waals surface area (Å²) in [5.74, 6) is -1.83. The summed E-state index contributed by atoms with van der Waals surface area (Å²) in [4.78, 5) is 10.5. The van der Waals surface area contributed by atoms with Crippen molar-refractivity contribution in [3.8, 4) is 0 Å². The third-order valence-electron chi connectivity index (χ3n) is 0.998. The maximum absolute atomic E-state index is 12.5. The van der Waals surface area contributed by atoms with Gasteiger partial charge in [-0.15, -0.1) is 0 Å². The number of hydrogen-bond donors (Lipinski definition) is 0. The summed E-state index contributed by atoms with van der Waals surface area (Å²) >= 11 is 0. The van der Waals surface area contributed by atoms with Gasteiger partial charge in [-0.25, -0.2) is 4.79 Å². The smallest absolute Gasteiger partial charge is 0.371 e. The molecule has 0 aliphatic heterocycles. The van der Waals surface area contributed by atoms with Gasteiger partial charge in [-0.2, -0.15) is 4.39 Å². The van der Waals surface area contributed by atoms with Crippen LogP contribution in [0.4, 0.5) is 4.39 Å². The molecule has 0 amide bonds. The van der Waals surface area contributed by atoms with Crippen LogP contribution in [-0.2, 0) is 9.53 Å². The average Bonchev–Trinajstić information content (AvgIpc) is 2.00. The molecule has 11 heavy (non-hydrogen) atoms. The Kier molecular flexibility index (Phi) is 5.07. The number of ether oxygens (including phenoxy) is 1. The molecule has 2 nitrogen and oxygen atoms in total. The highest BCUT2D eigenvalue weighted by atomic mass is 19.1. The number of halogens is 1. The van der Waals surface area contributed by atoms with Crippen molar-refractivity contribution in [2.75, 3.05) is 0 Å². The van der Waals surface area contributed by atoms with Gasteiger partial charge in [-0.1, -0.05) is 19.9 Å². The highest BCUT2D eigenvalue weighted by Gasteiger charge is 2.06. The molecule has 0 aromatic carbocycles. The highest BCUT2D eigenvalue weighted by Crippen LogP contribution is 2.02. The van der Waals surface area contributed by atoms with Gasteiger partial charge in [-0.3, -0.25) is 0 Å². The minimum absolute atomic E-state index is 0.540. The van der Waals surface area contributed by atoms with Crippen molar-refractivity contribution in [2.45, 2.75) is 19.8 Å². The maximum Gasteiger partial charge on any atom is 0.371 e. The fourth-order valence-electron chi connectivity index (χ4n) is 0.486. The van der Waals surface area contributed by atoms with Crippen LogP contribution in [0.3, 0.4) is 0 Å². The number of rotatable bonds is 4. The molecule has 0 atom stereocenters. The second-order valence-electron chi connectivity index (χ2n) is 1.91. The Balaban J connectivity index is 3.89. The molecule has 0 bridgehead atoms. The standard InChI is InChI=1S/C8H11FO2/c1-3-5-6-7(9)8(10)11-4-2/h4,6H,2-3,5H2,1H3/b7-6-. The molecule has 0 aliphatic carbocycles. The summed E-state index contributed by atoms with van der Waals surface area (Å²) in [6.45, 7) is 5.02. The third kappa shape index (κ3) is 4.31. The van der Waals surface area contributed by atoms with Crippen LogP contribution >= 0.6 is 0 Å². The first kappa shape index (κ1) is 9.88. The Labute approximate surface area is 65.4 Å². The van der Waals surface area contributed by atoms with Crippen LogP contribution in [0.15, 0.2) is 24.7 Å². The Morgan fingerprint density at radius 3 is 2.82 bits per heavy atom. The van der Waals surface area contributed by atoms with Crippen molar-refractivity contribution in [2.24, 2.45) is 0 Å². The van der Waals surface area contributed by atoms with Crippen LogP contribution in [0, 0.1) is 0 Å². The van der Waals surface area contributed by atoms with E-state index < -0.39 is 11.8 Å². The summed E-state index contributed by atoms with van der Waals surface area (Å²) in [5, 5.41) is 0. The first-order chi connectivity index (χ1) is 5.22. The first-order valence-electron chi connectivity index (χ1n) is 3.40. The van der Waals surface area contributed by atoms with Crippen molar-refractivity contribution in [1.29, 1.82) is 0 Å². The van der Waals surface area contributed by atoms with Crippen molar-refractivity contribution in [3.05, 3.63) is 24.7 Å². The lowest BCUT2D eigenvalue weighted by Crippen LogP contribution is -1.99. The molecule has 0 aliphatic rings. The van der Waals surface area contributed by atoms with E-state index in [1.807, 2.05) is 6.92 Å². The lowest BCUT2D eigenvalue weighted by atomic mass is 10.3. The van der Waals surface area contributed by atoms with Gasteiger partial charge in [0.05, 0.1) is 6.26 Å². The quantitative estimate of drug-likeness (QED) is 0.356. The Morgan fingerprint density at radius 1 is 1.73 bits per heavy atom. The van der Waals surface area contributed by atoms with Gasteiger partial charge in [0.25, 0.3) is 0 Å². The minimum Gasteiger partial charge on any atom is -0.430 e. The molecule has 0 fully saturated rings. The maximum atomic E-state index is 12.5. The van der Waals surface area contributed by atoms with E-state index in [-0.39, 0.29) is 0 Å². The number of unbranched alkanes of at least 4 members (excludes halogenated alkanes) is 1. The van der Waals surface area contributed by atoms with Gasteiger partial charge in [0, 0.05) is 0 Å². The molecular formula is C8H11FO2. The summed E-state index contributed by atoms with van der Waals surface area (Å²) in [6, 6.07) is 0. The molecule has 0 rings (SSSR count). The molecule has 0 N–H and O–H groups in total. The van der Waals surface area contributed by atoms with E-state index >= 15 is 0 Å². The van der Waals surface area contributed by atoms with E-state index in [1.165, 1.54) is 6.08 Å². The second kappa shape index (κ2) is 5.65. The van der Waals surface area contributed by atoms with Gasteiger partial charge in [0.15, 0.2) is 0 Å². The number of carbonyl (C=O) groups excluding carboxylic acids is 1. The number of allylic oxidation sites excluding steroid dienone is 1. The molecule has 0 saturated heterocycles. The Morgan fingerprint density at radius 2 is 2.36 bits per heavy atom. The second-order valence-corrected chi connectivity index (χ2v) is 1.91. The molecule has 62 valence electrons. The lowest BCUT2D eigenvalue weighted by Gasteiger charge is -1.93. The molecule has 0 unspecified atom stereocenters. The van der Waals surface area contributed by atoms with E-state index in [4.69, 9.17) is 0 Å².